The third kappa shape index (κ3) is 5.79. The number of halogens is 2. The summed E-state index contributed by atoms with van der Waals surface area (Å²) in [4.78, 5) is 0. The Morgan fingerprint density at radius 1 is 0.903 bits per heavy atom. The summed E-state index contributed by atoms with van der Waals surface area (Å²) in [5.74, 6) is 0.411. The van der Waals surface area contributed by atoms with Gasteiger partial charge in [-0.15, -0.1) is 27.8 Å². The van der Waals surface area contributed by atoms with Crippen LogP contribution < -0.4 is 24.8 Å². The average molecular weight is 530 g/mol. The Kier molecular flexibility index (Phi) is 10.7. The zero-order valence-corrected chi connectivity index (χ0v) is 22.6. The molecule has 0 aromatic heterocycles. The molecular weight excluding hydrogens is 498 g/mol. The Morgan fingerprint density at radius 3 is 2.13 bits per heavy atom. The number of hydrogen-bond donors (Lipinski definition) is 0. The molecule has 1 fully saturated rings. The summed E-state index contributed by atoms with van der Waals surface area (Å²) in [6.45, 7) is 4.57. The van der Waals surface area contributed by atoms with Crippen molar-refractivity contribution in [2.45, 2.75) is 71.1 Å². The quantitative estimate of drug-likeness (QED) is 0.446. The van der Waals surface area contributed by atoms with Crippen LogP contribution in [-0.4, -0.2) is 3.21 Å². The normalized spacial score (nSPS) is 16.1. The van der Waals surface area contributed by atoms with Gasteiger partial charge in [0.1, 0.15) is 0 Å². The third-order valence-electron chi connectivity index (χ3n) is 6.48. The summed E-state index contributed by atoms with van der Waals surface area (Å²) in [6, 6.07) is 12.7. The molecule has 1 saturated carbocycles. The molecule has 2 aromatic carbocycles. The molecule has 3 aliphatic carbocycles. The van der Waals surface area contributed by atoms with Crippen LogP contribution in [0.25, 0.3) is 11.1 Å². The molecule has 5 rings (SSSR count). The van der Waals surface area contributed by atoms with Gasteiger partial charge in [-0.3, -0.25) is 0 Å². The first-order valence-corrected chi connectivity index (χ1v) is 12.5. The standard InChI is InChI=1S/C22H21.C6H10.2ClH.Zr/c1-3-18-19(4-2)22-17(13-16-11-7-8-12-20(16)22)14-21(18)15-9-5-6-10-15;1-2-4-6-5-3-1;;;/h5-12,15H,3-4,13H2,1-2H3;1-5H2;2*1H;/q-1;;;;+2/p-2. The van der Waals surface area contributed by atoms with E-state index >= 15 is 0 Å². The number of fused-ring (bicyclic) bond motifs is 3. The monoisotopic (exact) mass is 527 g/mol. The van der Waals surface area contributed by atoms with Gasteiger partial charge in [0.25, 0.3) is 0 Å². The fraction of sp³-hybridized carbons (Fsp3) is 0.393. The van der Waals surface area contributed by atoms with Crippen molar-refractivity contribution < 1.29 is 49.0 Å². The second-order valence-corrected chi connectivity index (χ2v) is 10.1. The van der Waals surface area contributed by atoms with Crippen LogP contribution in [0, 0.1) is 6.07 Å². The van der Waals surface area contributed by atoms with Crippen molar-refractivity contribution in [3.63, 3.8) is 0 Å². The van der Waals surface area contributed by atoms with E-state index in [1.807, 2.05) is 0 Å². The average Bonchev–Trinajstić information content (AvgIpc) is 3.41. The topological polar surface area (TPSA) is 0 Å². The van der Waals surface area contributed by atoms with Gasteiger partial charge >= 0.3 is 59.5 Å². The Balaban J connectivity index is 0.000000327. The second kappa shape index (κ2) is 12.5. The van der Waals surface area contributed by atoms with Crippen LogP contribution in [0.3, 0.4) is 0 Å². The van der Waals surface area contributed by atoms with Crippen molar-refractivity contribution >= 4 is 3.21 Å². The molecule has 0 bridgehead atoms. The first kappa shape index (κ1) is 26.5. The van der Waals surface area contributed by atoms with E-state index in [1.54, 1.807) is 33.0 Å². The first-order valence-electron chi connectivity index (χ1n) is 11.3. The molecule has 0 spiro atoms. The van der Waals surface area contributed by atoms with E-state index in [0.29, 0.717) is 5.92 Å². The molecule has 0 heterocycles. The molecule has 0 nitrogen and oxygen atoms in total. The maximum absolute atomic E-state index is 3.81. The van der Waals surface area contributed by atoms with Crippen molar-refractivity contribution in [1.29, 1.82) is 0 Å². The second-order valence-electron chi connectivity index (χ2n) is 8.35. The predicted octanol–water partition coefficient (Wildman–Crippen LogP) is 1.07. The molecule has 3 heteroatoms. The number of hydrogen-bond acceptors (Lipinski definition) is 0. The van der Waals surface area contributed by atoms with Crippen LogP contribution in [0.1, 0.15) is 79.7 Å². The summed E-state index contributed by atoms with van der Waals surface area (Å²) in [6.07, 6.45) is 19.4. The number of rotatable bonds is 3. The van der Waals surface area contributed by atoms with E-state index in [-0.39, 0.29) is 24.8 Å². The minimum atomic E-state index is 0. The van der Waals surface area contributed by atoms with Gasteiger partial charge in [-0.2, -0.15) is 6.07 Å². The molecule has 162 valence electrons. The number of allylic oxidation sites excluding steroid dienone is 4. The van der Waals surface area contributed by atoms with E-state index < -0.39 is 0 Å². The fourth-order valence-corrected chi connectivity index (χ4v) is 5.91. The van der Waals surface area contributed by atoms with Gasteiger partial charge in [0.15, 0.2) is 0 Å². The fourth-order valence-electron chi connectivity index (χ4n) is 5.04. The molecular formula is C28H31Cl2Zr-. The summed E-state index contributed by atoms with van der Waals surface area (Å²) >= 11 is 1.69. The minimum absolute atomic E-state index is 0. The molecule has 3 aliphatic rings. The van der Waals surface area contributed by atoms with Crippen LogP contribution in [0.5, 0.6) is 0 Å². The molecule has 31 heavy (non-hydrogen) atoms. The first-order chi connectivity index (χ1) is 14.2. The molecule has 0 unspecified atom stereocenters. The molecule has 0 N–H and O–H groups in total. The Bertz CT molecular complexity index is 951. The SMILES string of the molecule is CCc1c(C2C=CC=C2)[c-]c2c(c1CC)-c1ccccc1C2.[Cl-].[Cl-].[Zr+2]=[C]1CCCCC1. The van der Waals surface area contributed by atoms with Crippen LogP contribution in [0.15, 0.2) is 48.6 Å². The Labute approximate surface area is 215 Å². The van der Waals surface area contributed by atoms with Gasteiger partial charge in [-0.1, -0.05) is 86.4 Å². The van der Waals surface area contributed by atoms with Crippen molar-refractivity contribution in [2.24, 2.45) is 0 Å². The third-order valence-corrected chi connectivity index (χ3v) is 7.71. The van der Waals surface area contributed by atoms with E-state index in [4.69, 9.17) is 0 Å². The van der Waals surface area contributed by atoms with Crippen molar-refractivity contribution in [1.82, 2.24) is 0 Å². The van der Waals surface area contributed by atoms with Gasteiger partial charge in [0.05, 0.1) is 0 Å². The molecule has 0 amide bonds. The van der Waals surface area contributed by atoms with Gasteiger partial charge in [-0.05, 0) is 12.3 Å². The Morgan fingerprint density at radius 2 is 1.55 bits per heavy atom. The molecule has 0 saturated heterocycles. The van der Waals surface area contributed by atoms with Crippen LogP contribution in [-0.2, 0) is 43.5 Å². The zero-order chi connectivity index (χ0) is 20.2. The molecule has 0 atom stereocenters. The van der Waals surface area contributed by atoms with Crippen molar-refractivity contribution in [2.75, 3.05) is 0 Å². The van der Waals surface area contributed by atoms with Gasteiger partial charge < -0.3 is 24.8 Å². The van der Waals surface area contributed by atoms with E-state index in [1.165, 1.54) is 65.5 Å². The van der Waals surface area contributed by atoms with Crippen molar-refractivity contribution in [3.8, 4) is 11.1 Å². The van der Waals surface area contributed by atoms with Gasteiger partial charge in [-0.25, -0.2) is 0 Å². The Hall–Kier alpha value is -0.747. The van der Waals surface area contributed by atoms with Crippen LogP contribution >= 0.6 is 0 Å². The number of benzene rings is 2. The maximum atomic E-state index is 3.81. The van der Waals surface area contributed by atoms with E-state index in [0.717, 1.165) is 19.3 Å². The summed E-state index contributed by atoms with van der Waals surface area (Å²) in [7, 11) is 0. The van der Waals surface area contributed by atoms with E-state index in [2.05, 4.69) is 68.5 Å². The van der Waals surface area contributed by atoms with Crippen LogP contribution in [0.2, 0.25) is 0 Å². The predicted molar refractivity (Wildman–Crippen MR) is 121 cm³/mol. The van der Waals surface area contributed by atoms with Crippen LogP contribution in [0.4, 0.5) is 0 Å². The summed E-state index contributed by atoms with van der Waals surface area (Å²) in [5, 5.41) is 0. The van der Waals surface area contributed by atoms with Gasteiger partial charge in [0, 0.05) is 0 Å². The molecule has 0 radical (unpaired) electrons. The zero-order valence-electron chi connectivity index (χ0n) is 18.6. The summed E-state index contributed by atoms with van der Waals surface area (Å²) < 4.78 is 1.80. The summed E-state index contributed by atoms with van der Waals surface area (Å²) in [5.41, 5.74) is 10.2. The van der Waals surface area contributed by atoms with Crippen molar-refractivity contribution in [3.05, 3.63) is 82.5 Å². The van der Waals surface area contributed by atoms with E-state index in [9.17, 15) is 0 Å². The molecule has 2 aromatic rings. The molecule has 0 aliphatic heterocycles. The van der Waals surface area contributed by atoms with Gasteiger partial charge in [0.2, 0.25) is 0 Å².